The maximum atomic E-state index is 12.7. The first-order chi connectivity index (χ1) is 12.2. The van der Waals surface area contributed by atoms with Crippen molar-refractivity contribution in [2.75, 3.05) is 24.5 Å². The van der Waals surface area contributed by atoms with Crippen LogP contribution < -0.4 is 4.90 Å². The van der Waals surface area contributed by atoms with Gasteiger partial charge in [-0.3, -0.25) is 4.79 Å². The van der Waals surface area contributed by atoms with E-state index in [9.17, 15) is 4.79 Å². The monoisotopic (exact) mass is 338 g/mol. The summed E-state index contributed by atoms with van der Waals surface area (Å²) in [4.78, 5) is 25.6. The molecule has 1 aromatic heterocycles. The van der Waals surface area contributed by atoms with E-state index in [0.29, 0.717) is 11.5 Å². The van der Waals surface area contributed by atoms with Crippen LogP contribution in [0.3, 0.4) is 0 Å². The van der Waals surface area contributed by atoms with Gasteiger partial charge >= 0.3 is 0 Å². The lowest BCUT2D eigenvalue weighted by molar-refractivity contribution is 0.0761. The Morgan fingerprint density at radius 3 is 2.40 bits per heavy atom. The second-order valence-electron chi connectivity index (χ2n) is 6.56. The number of carbonyl (C=O) groups excluding carboxylic acids is 1. The van der Waals surface area contributed by atoms with Crippen molar-refractivity contribution in [1.29, 1.82) is 0 Å². The summed E-state index contributed by atoms with van der Waals surface area (Å²) in [5.41, 5.74) is 2.84. The van der Waals surface area contributed by atoms with Gasteiger partial charge < -0.3 is 9.80 Å². The number of amides is 1. The summed E-state index contributed by atoms with van der Waals surface area (Å²) < 4.78 is 0. The molecule has 2 heterocycles. The van der Waals surface area contributed by atoms with Crippen LogP contribution in [0.2, 0.25) is 0 Å². The van der Waals surface area contributed by atoms with Crippen LogP contribution in [0.1, 0.15) is 48.5 Å². The molecule has 3 rings (SSSR count). The van der Waals surface area contributed by atoms with Crippen molar-refractivity contribution in [2.24, 2.45) is 0 Å². The molecule has 0 unspecified atom stereocenters. The van der Waals surface area contributed by atoms with Crippen molar-refractivity contribution in [2.45, 2.75) is 39.5 Å². The summed E-state index contributed by atoms with van der Waals surface area (Å²) in [6.45, 7) is 6.59. The van der Waals surface area contributed by atoms with E-state index >= 15 is 0 Å². The maximum Gasteiger partial charge on any atom is 0.256 e. The zero-order chi connectivity index (χ0) is 17.6. The summed E-state index contributed by atoms with van der Waals surface area (Å²) in [5.74, 6) is 0.674. The molecule has 0 atom stereocenters. The molecule has 5 nitrogen and oxygen atoms in total. The van der Waals surface area contributed by atoms with Crippen molar-refractivity contribution in [3.8, 4) is 0 Å². The SMILES string of the molecule is CCN(c1cccc(C)c1)c1ncc(C(=O)N2CCCCCC2)cn1. The predicted octanol–water partition coefficient (Wildman–Crippen LogP) is 3.96. The van der Waals surface area contributed by atoms with Gasteiger partial charge in [-0.1, -0.05) is 25.0 Å². The fourth-order valence-corrected chi connectivity index (χ4v) is 3.26. The molecule has 1 aliphatic heterocycles. The normalized spacial score (nSPS) is 14.9. The van der Waals surface area contributed by atoms with Gasteiger partial charge in [0, 0.05) is 37.7 Å². The highest BCUT2D eigenvalue weighted by Crippen LogP contribution is 2.22. The Balaban J connectivity index is 1.77. The van der Waals surface area contributed by atoms with Crippen LogP contribution in [0.15, 0.2) is 36.7 Å². The van der Waals surface area contributed by atoms with E-state index < -0.39 is 0 Å². The molecular weight excluding hydrogens is 312 g/mol. The standard InChI is InChI=1S/C20H26N4O/c1-3-24(18-10-8-9-16(2)13-18)20-21-14-17(15-22-20)19(25)23-11-6-4-5-7-12-23/h8-10,13-15H,3-7,11-12H2,1-2H3. The Morgan fingerprint density at radius 1 is 1.12 bits per heavy atom. The van der Waals surface area contributed by atoms with E-state index in [4.69, 9.17) is 0 Å². The van der Waals surface area contributed by atoms with E-state index in [0.717, 1.165) is 38.2 Å². The van der Waals surface area contributed by atoms with Gasteiger partial charge in [0.2, 0.25) is 5.95 Å². The number of anilines is 2. The molecule has 0 bridgehead atoms. The van der Waals surface area contributed by atoms with Gasteiger partial charge in [-0.15, -0.1) is 0 Å². The molecule has 1 aromatic carbocycles. The van der Waals surface area contributed by atoms with Crippen molar-refractivity contribution in [1.82, 2.24) is 14.9 Å². The van der Waals surface area contributed by atoms with E-state index in [2.05, 4.69) is 42.0 Å². The molecule has 5 heteroatoms. The van der Waals surface area contributed by atoms with Crippen LogP contribution >= 0.6 is 0 Å². The summed E-state index contributed by atoms with van der Waals surface area (Å²) in [6.07, 6.45) is 7.91. The maximum absolute atomic E-state index is 12.7. The topological polar surface area (TPSA) is 49.3 Å². The predicted molar refractivity (Wildman–Crippen MR) is 100 cm³/mol. The van der Waals surface area contributed by atoms with Crippen LogP contribution in [0.4, 0.5) is 11.6 Å². The first-order valence-corrected chi connectivity index (χ1v) is 9.14. The minimum atomic E-state index is 0.0482. The number of aromatic nitrogens is 2. The van der Waals surface area contributed by atoms with Gasteiger partial charge in [-0.05, 0) is 44.4 Å². The first-order valence-electron chi connectivity index (χ1n) is 9.14. The highest BCUT2D eigenvalue weighted by molar-refractivity contribution is 5.93. The zero-order valence-electron chi connectivity index (χ0n) is 15.1. The minimum Gasteiger partial charge on any atom is -0.339 e. The Bertz CT molecular complexity index is 706. The molecule has 1 fully saturated rings. The fraction of sp³-hybridized carbons (Fsp3) is 0.450. The van der Waals surface area contributed by atoms with Crippen LogP contribution in [0.5, 0.6) is 0 Å². The summed E-state index contributed by atoms with van der Waals surface area (Å²) in [7, 11) is 0. The first kappa shape index (κ1) is 17.4. The van der Waals surface area contributed by atoms with Gasteiger partial charge in [0.1, 0.15) is 0 Å². The molecule has 0 radical (unpaired) electrons. The number of likely N-dealkylation sites (tertiary alicyclic amines) is 1. The van der Waals surface area contributed by atoms with Crippen molar-refractivity contribution < 1.29 is 4.79 Å². The van der Waals surface area contributed by atoms with Gasteiger partial charge in [0.15, 0.2) is 0 Å². The van der Waals surface area contributed by atoms with E-state index in [1.54, 1.807) is 12.4 Å². The number of nitrogens with zero attached hydrogens (tertiary/aromatic N) is 4. The third kappa shape index (κ3) is 4.16. The van der Waals surface area contributed by atoms with Crippen LogP contribution in [0.25, 0.3) is 0 Å². The molecule has 1 amide bonds. The third-order valence-corrected chi connectivity index (χ3v) is 4.65. The smallest absolute Gasteiger partial charge is 0.256 e. The number of hydrogen-bond acceptors (Lipinski definition) is 4. The second-order valence-corrected chi connectivity index (χ2v) is 6.56. The molecule has 0 saturated carbocycles. The summed E-state index contributed by atoms with van der Waals surface area (Å²) in [6, 6.07) is 8.27. The molecule has 0 N–H and O–H groups in total. The van der Waals surface area contributed by atoms with Crippen molar-refractivity contribution >= 4 is 17.5 Å². The van der Waals surface area contributed by atoms with Gasteiger partial charge in [-0.25, -0.2) is 9.97 Å². The number of carbonyl (C=O) groups is 1. The lowest BCUT2D eigenvalue weighted by atomic mass is 10.2. The summed E-state index contributed by atoms with van der Waals surface area (Å²) in [5, 5.41) is 0. The van der Waals surface area contributed by atoms with Gasteiger partial charge in [-0.2, -0.15) is 0 Å². The molecule has 0 aliphatic carbocycles. The van der Waals surface area contributed by atoms with Crippen LogP contribution in [0, 0.1) is 6.92 Å². The molecule has 25 heavy (non-hydrogen) atoms. The van der Waals surface area contributed by atoms with E-state index in [1.165, 1.54) is 18.4 Å². The summed E-state index contributed by atoms with van der Waals surface area (Å²) >= 11 is 0. The molecule has 2 aromatic rings. The molecule has 1 aliphatic rings. The molecule has 132 valence electrons. The van der Waals surface area contributed by atoms with Gasteiger partial charge in [0.05, 0.1) is 5.56 Å². The molecule has 1 saturated heterocycles. The largest absolute Gasteiger partial charge is 0.339 e. The second kappa shape index (κ2) is 8.10. The van der Waals surface area contributed by atoms with Crippen molar-refractivity contribution in [3.63, 3.8) is 0 Å². The average molecular weight is 338 g/mol. The van der Waals surface area contributed by atoms with Crippen molar-refractivity contribution in [3.05, 3.63) is 47.8 Å². The number of rotatable bonds is 4. The van der Waals surface area contributed by atoms with E-state index in [-0.39, 0.29) is 5.91 Å². The lowest BCUT2D eigenvalue weighted by Gasteiger charge is -2.22. The molecular formula is C20H26N4O. The minimum absolute atomic E-state index is 0.0482. The van der Waals surface area contributed by atoms with E-state index in [1.807, 2.05) is 15.9 Å². The Morgan fingerprint density at radius 2 is 1.80 bits per heavy atom. The van der Waals surface area contributed by atoms with Crippen LogP contribution in [-0.4, -0.2) is 40.4 Å². The molecule has 0 spiro atoms. The highest BCUT2D eigenvalue weighted by Gasteiger charge is 2.19. The van der Waals surface area contributed by atoms with Gasteiger partial charge in [0.25, 0.3) is 5.91 Å². The number of hydrogen-bond donors (Lipinski definition) is 0. The third-order valence-electron chi connectivity index (χ3n) is 4.65. The zero-order valence-corrected chi connectivity index (χ0v) is 15.1. The van der Waals surface area contributed by atoms with Crippen LogP contribution in [-0.2, 0) is 0 Å². The highest BCUT2D eigenvalue weighted by atomic mass is 16.2. The fourth-order valence-electron chi connectivity index (χ4n) is 3.26. The Hall–Kier alpha value is -2.43. The Labute approximate surface area is 149 Å². The quantitative estimate of drug-likeness (QED) is 0.847. The average Bonchev–Trinajstić information content (AvgIpc) is 2.92. The number of aryl methyl sites for hydroxylation is 1. The number of benzene rings is 1. The Kier molecular flexibility index (Phi) is 5.64. The lowest BCUT2D eigenvalue weighted by Crippen LogP contribution is -2.32.